The molecular weight excluding hydrogens is 289 g/mol. The maximum Gasteiger partial charge on any atom is 0.277 e. The monoisotopic (exact) mass is 302 g/mol. The molecule has 0 bridgehead atoms. The Morgan fingerprint density at radius 1 is 1.45 bits per heavy atom. The molecule has 0 saturated heterocycles. The van der Waals surface area contributed by atoms with Crippen LogP contribution < -0.4 is 11.1 Å². The fourth-order valence-corrected chi connectivity index (χ4v) is 2.88. The molecule has 108 valence electrons. The molecule has 0 saturated carbocycles. The maximum atomic E-state index is 13.2. The molecule has 2 rings (SSSR count). The van der Waals surface area contributed by atoms with E-state index in [1.165, 1.54) is 12.1 Å². The van der Waals surface area contributed by atoms with Crippen molar-refractivity contribution >= 4 is 27.3 Å². The highest BCUT2D eigenvalue weighted by Gasteiger charge is 2.28. The van der Waals surface area contributed by atoms with Crippen LogP contribution in [0.4, 0.5) is 13.2 Å². The highest BCUT2D eigenvalue weighted by atomic mass is 32.1. The van der Waals surface area contributed by atoms with E-state index >= 15 is 0 Å². The van der Waals surface area contributed by atoms with Gasteiger partial charge < -0.3 is 11.1 Å². The van der Waals surface area contributed by atoms with Gasteiger partial charge in [-0.1, -0.05) is 0 Å². The van der Waals surface area contributed by atoms with Gasteiger partial charge in [-0.05, 0) is 36.1 Å². The summed E-state index contributed by atoms with van der Waals surface area (Å²) in [6, 6.07) is 4.18. The Morgan fingerprint density at radius 3 is 2.80 bits per heavy atom. The molecule has 3 N–H and O–H groups in total. The van der Waals surface area contributed by atoms with Crippen molar-refractivity contribution in [2.75, 3.05) is 13.1 Å². The van der Waals surface area contributed by atoms with Crippen LogP contribution in [0.2, 0.25) is 0 Å². The average molecular weight is 302 g/mol. The van der Waals surface area contributed by atoms with Gasteiger partial charge in [-0.15, -0.1) is 11.3 Å². The molecule has 0 fully saturated rings. The summed E-state index contributed by atoms with van der Waals surface area (Å²) in [5.41, 5.74) is 5.48. The molecule has 0 atom stereocenters. The van der Waals surface area contributed by atoms with E-state index in [0.29, 0.717) is 15.8 Å². The number of aryl methyl sites for hydroxylation is 1. The second-order valence-corrected chi connectivity index (χ2v) is 5.49. The molecule has 3 nitrogen and oxygen atoms in total. The second kappa shape index (κ2) is 5.41. The van der Waals surface area contributed by atoms with Gasteiger partial charge in [0.15, 0.2) is 0 Å². The number of thiophene rings is 1. The van der Waals surface area contributed by atoms with Gasteiger partial charge in [-0.3, -0.25) is 4.79 Å². The minimum absolute atomic E-state index is 0.304. The van der Waals surface area contributed by atoms with Gasteiger partial charge in [0.25, 0.3) is 11.8 Å². The molecule has 1 heterocycles. The smallest absolute Gasteiger partial charge is 0.277 e. The zero-order valence-electron chi connectivity index (χ0n) is 10.7. The predicted octanol–water partition coefficient (Wildman–Crippen LogP) is 2.67. The molecule has 7 heteroatoms. The normalized spacial score (nSPS) is 11.8. The van der Waals surface area contributed by atoms with E-state index in [1.807, 2.05) is 0 Å². The van der Waals surface area contributed by atoms with Crippen LogP contribution in [0, 0.1) is 12.7 Å². The van der Waals surface area contributed by atoms with Crippen molar-refractivity contribution in [2.45, 2.75) is 12.8 Å². The number of alkyl halides is 2. The quantitative estimate of drug-likeness (QED) is 0.912. The molecule has 0 aliphatic rings. The number of rotatable bonds is 4. The highest BCUT2D eigenvalue weighted by Crippen LogP contribution is 2.31. The number of nitrogens with two attached hydrogens (primary N) is 1. The van der Waals surface area contributed by atoms with E-state index in [1.54, 1.807) is 13.0 Å². The Morgan fingerprint density at radius 2 is 2.15 bits per heavy atom. The van der Waals surface area contributed by atoms with Gasteiger partial charge in [0.05, 0.1) is 18.0 Å². The van der Waals surface area contributed by atoms with Crippen molar-refractivity contribution in [3.8, 4) is 0 Å². The third kappa shape index (κ3) is 2.94. The van der Waals surface area contributed by atoms with E-state index in [9.17, 15) is 18.0 Å². The van der Waals surface area contributed by atoms with Gasteiger partial charge >= 0.3 is 0 Å². The van der Waals surface area contributed by atoms with Crippen LogP contribution in [-0.2, 0) is 0 Å². The lowest BCUT2D eigenvalue weighted by molar-refractivity contribution is 0.0119. The topological polar surface area (TPSA) is 55.1 Å². The SMILES string of the molecule is Cc1c(C(=O)NCC(F)(F)CN)sc2ccc(F)cc12. The summed E-state index contributed by atoms with van der Waals surface area (Å²) < 4.78 is 39.9. The Kier molecular flexibility index (Phi) is 4.01. The molecular formula is C13H13F3N2OS. The third-order valence-corrected chi connectivity index (χ3v) is 4.18. The largest absolute Gasteiger partial charge is 0.345 e. The molecule has 1 amide bonds. The lowest BCUT2D eigenvalue weighted by atomic mass is 10.1. The molecule has 0 spiro atoms. The molecule has 0 unspecified atom stereocenters. The standard InChI is InChI=1S/C13H13F3N2OS/c1-7-9-4-8(14)2-3-10(9)20-11(7)12(19)18-6-13(15,16)5-17/h2-4H,5-6,17H2,1H3,(H,18,19). The summed E-state index contributed by atoms with van der Waals surface area (Å²) in [7, 11) is 0. The van der Waals surface area contributed by atoms with Gasteiger partial charge in [0.2, 0.25) is 0 Å². The first-order chi connectivity index (χ1) is 9.34. The van der Waals surface area contributed by atoms with Crippen molar-refractivity contribution in [3.05, 3.63) is 34.5 Å². The lowest BCUT2D eigenvalue weighted by Gasteiger charge is -2.14. The van der Waals surface area contributed by atoms with Crippen LogP contribution in [0.15, 0.2) is 18.2 Å². The van der Waals surface area contributed by atoms with Gasteiger partial charge in [-0.25, -0.2) is 13.2 Å². The summed E-state index contributed by atoms with van der Waals surface area (Å²) in [5.74, 6) is -4.14. The van der Waals surface area contributed by atoms with Crippen molar-refractivity contribution < 1.29 is 18.0 Å². The lowest BCUT2D eigenvalue weighted by Crippen LogP contribution is -2.41. The number of amides is 1. The first-order valence-corrected chi connectivity index (χ1v) is 6.70. The van der Waals surface area contributed by atoms with Crippen LogP contribution in [0.3, 0.4) is 0 Å². The van der Waals surface area contributed by atoms with Gasteiger partial charge in [0.1, 0.15) is 5.82 Å². The van der Waals surface area contributed by atoms with Gasteiger partial charge in [-0.2, -0.15) is 0 Å². The molecule has 2 aromatic rings. The van der Waals surface area contributed by atoms with E-state index in [0.717, 1.165) is 16.0 Å². The summed E-state index contributed by atoms with van der Waals surface area (Å²) in [4.78, 5) is 12.2. The first kappa shape index (κ1) is 14.8. The van der Waals surface area contributed by atoms with Gasteiger partial charge in [0, 0.05) is 4.70 Å². The Balaban J connectivity index is 2.25. The van der Waals surface area contributed by atoms with Crippen LogP contribution in [0.5, 0.6) is 0 Å². The average Bonchev–Trinajstić information content (AvgIpc) is 2.74. The number of hydrogen-bond acceptors (Lipinski definition) is 3. The Hall–Kier alpha value is -1.60. The molecule has 0 aliphatic heterocycles. The number of fused-ring (bicyclic) bond motifs is 1. The second-order valence-electron chi connectivity index (χ2n) is 4.44. The fraction of sp³-hybridized carbons (Fsp3) is 0.308. The first-order valence-electron chi connectivity index (χ1n) is 5.89. The molecule has 20 heavy (non-hydrogen) atoms. The number of carbonyl (C=O) groups excluding carboxylic acids is 1. The Labute approximate surface area is 117 Å². The number of benzene rings is 1. The molecule has 1 aromatic carbocycles. The number of carbonyl (C=O) groups is 1. The minimum Gasteiger partial charge on any atom is -0.345 e. The summed E-state index contributed by atoms with van der Waals surface area (Å²) in [6.45, 7) is 0.0164. The van der Waals surface area contributed by atoms with Crippen LogP contribution in [-0.4, -0.2) is 24.9 Å². The maximum absolute atomic E-state index is 13.2. The highest BCUT2D eigenvalue weighted by molar-refractivity contribution is 7.21. The summed E-state index contributed by atoms with van der Waals surface area (Å²) in [5, 5.41) is 2.77. The molecule has 0 radical (unpaired) electrons. The van der Waals surface area contributed by atoms with E-state index < -0.39 is 30.7 Å². The summed E-state index contributed by atoms with van der Waals surface area (Å²) in [6.07, 6.45) is 0. The number of hydrogen-bond donors (Lipinski definition) is 2. The fourth-order valence-electron chi connectivity index (χ4n) is 1.77. The zero-order valence-corrected chi connectivity index (χ0v) is 11.5. The number of nitrogens with one attached hydrogen (secondary N) is 1. The summed E-state index contributed by atoms with van der Waals surface area (Å²) >= 11 is 1.14. The molecule has 1 aromatic heterocycles. The molecule has 0 aliphatic carbocycles. The van der Waals surface area contributed by atoms with Crippen molar-refractivity contribution in [3.63, 3.8) is 0 Å². The third-order valence-electron chi connectivity index (χ3n) is 2.91. The van der Waals surface area contributed by atoms with E-state index in [-0.39, 0.29) is 0 Å². The zero-order chi connectivity index (χ0) is 14.9. The van der Waals surface area contributed by atoms with Crippen molar-refractivity contribution in [1.82, 2.24) is 5.32 Å². The number of halogens is 3. The predicted molar refractivity (Wildman–Crippen MR) is 72.9 cm³/mol. The Bertz CT molecular complexity index is 654. The van der Waals surface area contributed by atoms with Crippen molar-refractivity contribution in [1.29, 1.82) is 0 Å². The van der Waals surface area contributed by atoms with Crippen LogP contribution in [0.25, 0.3) is 10.1 Å². The van der Waals surface area contributed by atoms with Crippen LogP contribution >= 0.6 is 11.3 Å². The van der Waals surface area contributed by atoms with Crippen LogP contribution in [0.1, 0.15) is 15.2 Å². The van der Waals surface area contributed by atoms with Crippen molar-refractivity contribution in [2.24, 2.45) is 5.73 Å². The minimum atomic E-state index is -3.13. The van der Waals surface area contributed by atoms with E-state index in [2.05, 4.69) is 5.32 Å². The van der Waals surface area contributed by atoms with E-state index in [4.69, 9.17) is 5.73 Å².